The summed E-state index contributed by atoms with van der Waals surface area (Å²) in [7, 11) is 0. The molecule has 0 saturated heterocycles. The average Bonchev–Trinajstić information content (AvgIpc) is 2.40. The van der Waals surface area contributed by atoms with Gasteiger partial charge in [-0.2, -0.15) is 0 Å². The first-order valence-electron chi connectivity index (χ1n) is 5.79. The van der Waals surface area contributed by atoms with Crippen LogP contribution in [0.3, 0.4) is 0 Å². The molecule has 0 saturated carbocycles. The normalized spacial score (nSPS) is 12.1. The lowest BCUT2D eigenvalue weighted by molar-refractivity contribution is 0.0992. The van der Waals surface area contributed by atoms with Crippen LogP contribution in [0.15, 0.2) is 54.6 Å². The molecule has 2 aromatic rings. The van der Waals surface area contributed by atoms with E-state index in [1.807, 2.05) is 30.3 Å². The number of rotatable bonds is 4. The van der Waals surface area contributed by atoms with Gasteiger partial charge in [-0.3, -0.25) is 4.79 Å². The van der Waals surface area contributed by atoms with Crippen LogP contribution in [0.5, 0.6) is 0 Å². The van der Waals surface area contributed by atoms with E-state index < -0.39 is 12.0 Å². The van der Waals surface area contributed by atoms with Crippen molar-refractivity contribution in [2.24, 2.45) is 5.73 Å². The zero-order valence-electron chi connectivity index (χ0n) is 9.91. The van der Waals surface area contributed by atoms with Gasteiger partial charge in [-0.15, -0.1) is 0 Å². The molecule has 3 N–H and O–H groups in total. The summed E-state index contributed by atoms with van der Waals surface area (Å²) in [6.07, 6.45) is -0.262. The number of hydrogen-bond donors (Lipinski definition) is 2. The highest BCUT2D eigenvalue weighted by atomic mass is 16.3. The molecular weight excluding hydrogens is 226 g/mol. The van der Waals surface area contributed by atoms with Crippen molar-refractivity contribution in [2.75, 3.05) is 0 Å². The second kappa shape index (κ2) is 5.47. The first-order valence-corrected chi connectivity index (χ1v) is 5.79. The van der Waals surface area contributed by atoms with E-state index in [1.54, 1.807) is 24.3 Å². The predicted molar refractivity (Wildman–Crippen MR) is 70.1 cm³/mol. The average molecular weight is 241 g/mol. The second-order valence-electron chi connectivity index (χ2n) is 4.16. The lowest BCUT2D eigenvalue weighted by Gasteiger charge is -2.14. The number of primary amides is 1. The molecule has 0 aliphatic rings. The van der Waals surface area contributed by atoms with Crippen LogP contribution in [0.2, 0.25) is 0 Å². The van der Waals surface area contributed by atoms with E-state index in [-0.39, 0.29) is 0 Å². The minimum absolute atomic E-state index is 0.376. The van der Waals surface area contributed by atoms with E-state index in [1.165, 1.54) is 0 Å². The third-order valence-electron chi connectivity index (χ3n) is 2.86. The lowest BCUT2D eigenvalue weighted by atomic mass is 9.97. The molecule has 3 heteroatoms. The van der Waals surface area contributed by atoms with E-state index in [9.17, 15) is 9.90 Å². The van der Waals surface area contributed by atoms with Crippen LogP contribution in [-0.4, -0.2) is 11.0 Å². The van der Waals surface area contributed by atoms with Crippen LogP contribution in [0, 0.1) is 0 Å². The molecule has 1 amide bonds. The van der Waals surface area contributed by atoms with E-state index in [0.29, 0.717) is 17.5 Å². The van der Waals surface area contributed by atoms with Gasteiger partial charge in [-0.1, -0.05) is 48.5 Å². The number of carbonyl (C=O) groups is 1. The van der Waals surface area contributed by atoms with Gasteiger partial charge in [0.15, 0.2) is 0 Å². The van der Waals surface area contributed by atoms with Crippen LogP contribution in [-0.2, 0) is 6.42 Å². The summed E-state index contributed by atoms with van der Waals surface area (Å²) in [5.41, 5.74) is 7.27. The Morgan fingerprint density at radius 2 is 1.67 bits per heavy atom. The maximum absolute atomic E-state index is 11.3. The van der Waals surface area contributed by atoms with Crippen molar-refractivity contribution in [1.82, 2.24) is 0 Å². The van der Waals surface area contributed by atoms with Crippen molar-refractivity contribution in [2.45, 2.75) is 12.5 Å². The predicted octanol–water partition coefficient (Wildman–Crippen LogP) is 2.06. The summed E-state index contributed by atoms with van der Waals surface area (Å²) in [5.74, 6) is -0.516. The molecule has 3 nitrogen and oxygen atoms in total. The SMILES string of the molecule is NC(=O)c1ccccc1C(O)Cc1ccccc1. The van der Waals surface area contributed by atoms with Gasteiger partial charge >= 0.3 is 0 Å². The second-order valence-corrected chi connectivity index (χ2v) is 4.16. The molecule has 2 aromatic carbocycles. The van der Waals surface area contributed by atoms with E-state index in [2.05, 4.69) is 0 Å². The number of aliphatic hydroxyl groups is 1. The third kappa shape index (κ3) is 2.76. The van der Waals surface area contributed by atoms with Crippen LogP contribution >= 0.6 is 0 Å². The van der Waals surface area contributed by atoms with Gasteiger partial charge in [0.2, 0.25) is 5.91 Å². The molecule has 2 rings (SSSR count). The van der Waals surface area contributed by atoms with Crippen LogP contribution in [0.25, 0.3) is 0 Å². The Bertz CT molecular complexity index is 537. The van der Waals surface area contributed by atoms with Gasteiger partial charge in [0, 0.05) is 12.0 Å². The van der Waals surface area contributed by atoms with E-state index in [4.69, 9.17) is 5.73 Å². The highest BCUT2D eigenvalue weighted by Crippen LogP contribution is 2.21. The lowest BCUT2D eigenvalue weighted by Crippen LogP contribution is -2.16. The quantitative estimate of drug-likeness (QED) is 0.860. The Kier molecular flexibility index (Phi) is 3.75. The van der Waals surface area contributed by atoms with Crippen LogP contribution in [0.4, 0.5) is 0 Å². The van der Waals surface area contributed by atoms with Crippen molar-refractivity contribution < 1.29 is 9.90 Å². The molecule has 1 unspecified atom stereocenters. The van der Waals surface area contributed by atoms with Crippen LogP contribution in [0.1, 0.15) is 27.6 Å². The number of hydrogen-bond acceptors (Lipinski definition) is 2. The molecule has 1 atom stereocenters. The first-order chi connectivity index (χ1) is 8.68. The molecule has 92 valence electrons. The van der Waals surface area contributed by atoms with Gasteiger partial charge in [-0.05, 0) is 17.2 Å². The number of nitrogens with two attached hydrogens (primary N) is 1. The van der Waals surface area contributed by atoms with E-state index in [0.717, 1.165) is 5.56 Å². The summed E-state index contributed by atoms with van der Waals surface area (Å²) >= 11 is 0. The fourth-order valence-electron chi connectivity index (χ4n) is 1.96. The maximum Gasteiger partial charge on any atom is 0.249 e. The standard InChI is InChI=1S/C15H15NO2/c16-15(18)13-9-5-4-8-12(13)14(17)10-11-6-2-1-3-7-11/h1-9,14,17H,10H2,(H2,16,18). The molecule has 0 aliphatic carbocycles. The van der Waals surface area contributed by atoms with Crippen molar-refractivity contribution in [1.29, 1.82) is 0 Å². The molecule has 0 heterocycles. The minimum Gasteiger partial charge on any atom is -0.388 e. The maximum atomic E-state index is 11.3. The van der Waals surface area contributed by atoms with Gasteiger partial charge in [0.05, 0.1) is 6.10 Å². The van der Waals surface area contributed by atoms with Gasteiger partial charge in [0.25, 0.3) is 0 Å². The Labute approximate surface area is 106 Å². The monoisotopic (exact) mass is 241 g/mol. The Balaban J connectivity index is 2.24. The van der Waals surface area contributed by atoms with E-state index >= 15 is 0 Å². The number of carbonyl (C=O) groups excluding carboxylic acids is 1. The summed E-state index contributed by atoms with van der Waals surface area (Å²) in [5, 5.41) is 10.2. The molecule has 18 heavy (non-hydrogen) atoms. The summed E-state index contributed by atoms with van der Waals surface area (Å²) in [6.45, 7) is 0. The molecular formula is C15H15NO2. The molecule has 0 bridgehead atoms. The van der Waals surface area contributed by atoms with Crippen molar-refractivity contribution >= 4 is 5.91 Å². The Morgan fingerprint density at radius 1 is 1.06 bits per heavy atom. The Hall–Kier alpha value is -2.13. The van der Waals surface area contributed by atoms with Gasteiger partial charge in [0.1, 0.15) is 0 Å². The number of amides is 1. The molecule has 0 spiro atoms. The molecule has 0 aliphatic heterocycles. The van der Waals surface area contributed by atoms with Crippen molar-refractivity contribution in [3.05, 3.63) is 71.3 Å². The fourth-order valence-corrected chi connectivity index (χ4v) is 1.96. The minimum atomic E-state index is -0.726. The zero-order valence-corrected chi connectivity index (χ0v) is 9.91. The van der Waals surface area contributed by atoms with Crippen molar-refractivity contribution in [3.8, 4) is 0 Å². The number of aliphatic hydroxyl groups excluding tert-OH is 1. The van der Waals surface area contributed by atoms with Crippen LogP contribution < -0.4 is 5.73 Å². The highest BCUT2D eigenvalue weighted by molar-refractivity contribution is 5.94. The number of benzene rings is 2. The molecule has 0 aromatic heterocycles. The topological polar surface area (TPSA) is 63.3 Å². The summed E-state index contributed by atoms with van der Waals surface area (Å²) < 4.78 is 0. The molecule has 0 radical (unpaired) electrons. The Morgan fingerprint density at radius 3 is 2.33 bits per heavy atom. The highest BCUT2D eigenvalue weighted by Gasteiger charge is 2.15. The first kappa shape index (κ1) is 12.3. The fraction of sp³-hybridized carbons (Fsp3) is 0.133. The van der Waals surface area contributed by atoms with Gasteiger partial charge < -0.3 is 10.8 Å². The summed E-state index contributed by atoms with van der Waals surface area (Å²) in [4.78, 5) is 11.3. The van der Waals surface area contributed by atoms with Gasteiger partial charge in [-0.25, -0.2) is 0 Å². The largest absolute Gasteiger partial charge is 0.388 e. The summed E-state index contributed by atoms with van der Waals surface area (Å²) in [6, 6.07) is 16.5. The smallest absolute Gasteiger partial charge is 0.249 e. The third-order valence-corrected chi connectivity index (χ3v) is 2.86. The molecule has 0 fully saturated rings. The zero-order chi connectivity index (χ0) is 13.0. The van der Waals surface area contributed by atoms with Crippen molar-refractivity contribution in [3.63, 3.8) is 0 Å².